The van der Waals surface area contributed by atoms with Crippen LogP contribution in [0.1, 0.15) is 296 Å². The van der Waals surface area contributed by atoms with Crippen LogP contribution in [-0.4, -0.2) is 47.4 Å². The van der Waals surface area contributed by atoms with Crippen LogP contribution in [0, 0.1) is 0 Å². The van der Waals surface area contributed by atoms with Crippen molar-refractivity contribution in [2.24, 2.45) is 0 Å². The highest BCUT2D eigenvalue weighted by Crippen LogP contribution is 2.16. The molecule has 1 amide bonds. The van der Waals surface area contributed by atoms with Crippen LogP contribution in [0.5, 0.6) is 0 Å². The van der Waals surface area contributed by atoms with Gasteiger partial charge in [-0.15, -0.1) is 0 Å². The Labute approximate surface area is 398 Å². The normalized spacial score (nSPS) is 12.9. The van der Waals surface area contributed by atoms with Gasteiger partial charge < -0.3 is 20.3 Å². The summed E-state index contributed by atoms with van der Waals surface area (Å²) in [6.45, 7) is 4.83. The summed E-state index contributed by atoms with van der Waals surface area (Å²) >= 11 is 0. The molecule has 0 aromatic heterocycles. The lowest BCUT2D eigenvalue weighted by Gasteiger charge is -2.20. The molecule has 0 heterocycles. The molecule has 3 N–H and O–H groups in total. The summed E-state index contributed by atoms with van der Waals surface area (Å²) < 4.78 is 5.46. The van der Waals surface area contributed by atoms with Crippen molar-refractivity contribution >= 4 is 11.9 Å². The molecular weight excluding hydrogens is 791 g/mol. The van der Waals surface area contributed by atoms with Crippen molar-refractivity contribution in [3.8, 4) is 0 Å². The zero-order valence-corrected chi connectivity index (χ0v) is 42.8. The Hall–Kier alpha value is -1.92. The molecule has 0 aromatic carbocycles. The van der Waals surface area contributed by atoms with Gasteiger partial charge in [-0.25, -0.2) is 0 Å². The van der Waals surface area contributed by atoms with E-state index in [-0.39, 0.29) is 18.5 Å². The largest absolute Gasteiger partial charge is 0.466 e. The Morgan fingerprint density at radius 1 is 0.438 bits per heavy atom. The minimum Gasteiger partial charge on any atom is -0.466 e. The molecule has 376 valence electrons. The van der Waals surface area contributed by atoms with Crippen LogP contribution < -0.4 is 5.32 Å². The number of ether oxygens (including phenoxy) is 1. The minimum absolute atomic E-state index is 0.0284. The Kier molecular flexibility index (Phi) is 52.1. The van der Waals surface area contributed by atoms with Crippen LogP contribution in [0.25, 0.3) is 0 Å². The maximum absolute atomic E-state index is 12.5. The van der Waals surface area contributed by atoms with E-state index in [9.17, 15) is 19.8 Å². The molecule has 0 spiro atoms. The van der Waals surface area contributed by atoms with Crippen molar-refractivity contribution in [2.45, 2.75) is 309 Å². The maximum Gasteiger partial charge on any atom is 0.305 e. The third-order valence-electron chi connectivity index (χ3n) is 12.9. The lowest BCUT2D eigenvalue weighted by Crippen LogP contribution is -2.45. The van der Waals surface area contributed by atoms with E-state index in [1.165, 1.54) is 205 Å². The molecule has 0 aromatic rings. The van der Waals surface area contributed by atoms with Crippen molar-refractivity contribution in [3.63, 3.8) is 0 Å². The second kappa shape index (κ2) is 53.7. The van der Waals surface area contributed by atoms with Gasteiger partial charge in [0.15, 0.2) is 0 Å². The van der Waals surface area contributed by atoms with Gasteiger partial charge in [0.25, 0.3) is 0 Å². The number of rotatable bonds is 52. The number of allylic oxidation sites excluding steroid dienone is 5. The summed E-state index contributed by atoms with van der Waals surface area (Å²) in [6, 6.07) is -0.646. The summed E-state index contributed by atoms with van der Waals surface area (Å²) in [6.07, 6.45) is 65.8. The topological polar surface area (TPSA) is 95.9 Å². The molecule has 0 bridgehead atoms. The van der Waals surface area contributed by atoms with E-state index in [1.54, 1.807) is 6.08 Å². The van der Waals surface area contributed by atoms with E-state index >= 15 is 0 Å². The first kappa shape index (κ1) is 62.1. The molecule has 0 saturated heterocycles. The number of unbranched alkanes of at least 4 members (excludes halogenated alkanes) is 37. The molecule has 0 aliphatic heterocycles. The number of hydrogen-bond acceptors (Lipinski definition) is 5. The van der Waals surface area contributed by atoms with Crippen molar-refractivity contribution in [2.75, 3.05) is 13.2 Å². The van der Waals surface area contributed by atoms with Crippen LogP contribution in [0.15, 0.2) is 36.5 Å². The Morgan fingerprint density at radius 2 is 0.781 bits per heavy atom. The third-order valence-corrected chi connectivity index (χ3v) is 12.9. The van der Waals surface area contributed by atoms with Gasteiger partial charge >= 0.3 is 5.97 Å². The first-order valence-corrected chi connectivity index (χ1v) is 28.3. The number of aliphatic hydroxyl groups is 2. The van der Waals surface area contributed by atoms with E-state index in [2.05, 4.69) is 43.5 Å². The molecule has 6 nitrogen and oxygen atoms in total. The first-order chi connectivity index (χ1) is 31.5. The van der Waals surface area contributed by atoms with Crippen LogP contribution in [-0.2, 0) is 14.3 Å². The Bertz CT molecular complexity index is 1040. The number of aliphatic hydroxyl groups excluding tert-OH is 2. The maximum atomic E-state index is 12.5. The standard InChI is InChI=1S/C58H109NO5/c1-3-5-7-9-11-13-15-17-19-21-22-23-25-26-28-30-34-38-42-46-50-56(61)55(54-60)59-57(62)51-47-43-39-35-32-33-37-41-45-49-53-64-58(63)52-48-44-40-36-31-29-27-24-20-18-16-14-12-10-8-6-4-2/h12,14,18,20,46,50,55-56,60-61H,3-11,13,15-17,19,21-45,47-49,51-54H2,1-2H3,(H,59,62)/b14-12-,20-18-,50-46+. The van der Waals surface area contributed by atoms with Crippen LogP contribution >= 0.6 is 0 Å². The molecule has 0 aliphatic carbocycles. The average Bonchev–Trinajstić information content (AvgIpc) is 3.29. The highest BCUT2D eigenvalue weighted by molar-refractivity contribution is 5.76. The van der Waals surface area contributed by atoms with Crippen LogP contribution in [0.3, 0.4) is 0 Å². The fourth-order valence-corrected chi connectivity index (χ4v) is 8.55. The number of carbonyl (C=O) groups is 2. The number of hydrogen-bond donors (Lipinski definition) is 3. The summed E-state index contributed by atoms with van der Waals surface area (Å²) in [5, 5.41) is 23.1. The SMILES string of the molecule is CCCCC/C=C\C/C=C\CCCCCCCCCC(=O)OCCCCCCCCCCCCC(=O)NC(CO)C(O)/C=C/CCCCCCCCCCCCCCCCCCCC. The van der Waals surface area contributed by atoms with E-state index in [0.717, 1.165) is 64.2 Å². The van der Waals surface area contributed by atoms with Crippen LogP contribution in [0.4, 0.5) is 0 Å². The number of nitrogens with one attached hydrogen (secondary N) is 1. The third kappa shape index (κ3) is 49.5. The Balaban J connectivity index is 3.51. The summed E-state index contributed by atoms with van der Waals surface area (Å²) in [5.41, 5.74) is 0. The summed E-state index contributed by atoms with van der Waals surface area (Å²) in [7, 11) is 0. The summed E-state index contributed by atoms with van der Waals surface area (Å²) in [4.78, 5) is 24.5. The predicted molar refractivity (Wildman–Crippen MR) is 278 cm³/mol. The van der Waals surface area contributed by atoms with Gasteiger partial charge in [0, 0.05) is 12.8 Å². The van der Waals surface area contributed by atoms with Crippen molar-refractivity contribution in [1.82, 2.24) is 5.32 Å². The predicted octanol–water partition coefficient (Wildman–Crippen LogP) is 17.2. The van der Waals surface area contributed by atoms with Gasteiger partial charge in [-0.2, -0.15) is 0 Å². The smallest absolute Gasteiger partial charge is 0.305 e. The van der Waals surface area contributed by atoms with Gasteiger partial charge in [0.1, 0.15) is 0 Å². The first-order valence-electron chi connectivity index (χ1n) is 28.3. The zero-order valence-electron chi connectivity index (χ0n) is 42.8. The van der Waals surface area contributed by atoms with Crippen LogP contribution in [0.2, 0.25) is 0 Å². The molecule has 6 heteroatoms. The van der Waals surface area contributed by atoms with Gasteiger partial charge in [-0.1, -0.05) is 256 Å². The highest BCUT2D eigenvalue weighted by atomic mass is 16.5. The molecular formula is C58H109NO5. The molecule has 0 fully saturated rings. The lowest BCUT2D eigenvalue weighted by molar-refractivity contribution is -0.143. The highest BCUT2D eigenvalue weighted by Gasteiger charge is 2.18. The van der Waals surface area contributed by atoms with Crippen molar-refractivity contribution in [3.05, 3.63) is 36.5 Å². The van der Waals surface area contributed by atoms with Gasteiger partial charge in [0.05, 0.1) is 25.4 Å². The zero-order chi connectivity index (χ0) is 46.5. The average molecular weight is 901 g/mol. The van der Waals surface area contributed by atoms with E-state index < -0.39 is 12.1 Å². The van der Waals surface area contributed by atoms with Gasteiger partial charge in [0.2, 0.25) is 5.91 Å². The molecule has 64 heavy (non-hydrogen) atoms. The molecule has 2 unspecified atom stereocenters. The lowest BCUT2D eigenvalue weighted by atomic mass is 10.0. The van der Waals surface area contributed by atoms with Gasteiger partial charge in [-0.05, 0) is 64.2 Å². The summed E-state index contributed by atoms with van der Waals surface area (Å²) in [5.74, 6) is -0.118. The second-order valence-electron chi connectivity index (χ2n) is 19.3. The fourth-order valence-electron chi connectivity index (χ4n) is 8.55. The number of amides is 1. The molecule has 2 atom stereocenters. The monoisotopic (exact) mass is 900 g/mol. The van der Waals surface area contributed by atoms with Gasteiger partial charge in [-0.3, -0.25) is 9.59 Å². The van der Waals surface area contributed by atoms with E-state index in [0.29, 0.717) is 19.4 Å². The quantitative estimate of drug-likeness (QED) is 0.0321. The van der Waals surface area contributed by atoms with Crippen molar-refractivity contribution in [1.29, 1.82) is 0 Å². The Morgan fingerprint density at radius 3 is 1.22 bits per heavy atom. The molecule has 0 rings (SSSR count). The number of esters is 1. The van der Waals surface area contributed by atoms with E-state index in [4.69, 9.17) is 4.74 Å². The number of carbonyl (C=O) groups excluding carboxylic acids is 2. The molecule has 0 radical (unpaired) electrons. The molecule has 0 aliphatic rings. The minimum atomic E-state index is -0.861. The molecule has 0 saturated carbocycles. The van der Waals surface area contributed by atoms with Crippen molar-refractivity contribution < 1.29 is 24.5 Å². The fraction of sp³-hybridized carbons (Fsp3) is 0.862. The second-order valence-corrected chi connectivity index (χ2v) is 19.3. The van der Waals surface area contributed by atoms with E-state index in [1.807, 2.05) is 6.08 Å².